The average Bonchev–Trinajstić information content (AvgIpc) is 3.02. The lowest BCUT2D eigenvalue weighted by atomic mass is 9.99. The van der Waals surface area contributed by atoms with Gasteiger partial charge in [0.05, 0.1) is 31.3 Å². The van der Waals surface area contributed by atoms with Gasteiger partial charge in [0.2, 0.25) is 0 Å². The highest BCUT2D eigenvalue weighted by Crippen LogP contribution is 2.39. The minimum Gasteiger partial charge on any atom is -0.493 e. The number of nitrogens with one attached hydrogen (secondary N) is 1. The van der Waals surface area contributed by atoms with E-state index in [2.05, 4.69) is 10.3 Å². The number of piperidine rings is 1. The van der Waals surface area contributed by atoms with Crippen molar-refractivity contribution in [1.82, 2.24) is 10.3 Å². The number of anilines is 1. The molecule has 3 N–H and O–H groups in total. The molecule has 0 aliphatic carbocycles. The second kappa shape index (κ2) is 13.6. The number of aromatic nitrogens is 1. The molecule has 1 fully saturated rings. The third kappa shape index (κ3) is 7.45. The maximum absolute atomic E-state index is 15.4. The second-order valence-corrected chi connectivity index (χ2v) is 10.7. The minimum absolute atomic E-state index is 0.212. The van der Waals surface area contributed by atoms with Crippen LogP contribution in [0.15, 0.2) is 60.8 Å². The van der Waals surface area contributed by atoms with Crippen molar-refractivity contribution in [1.29, 1.82) is 0 Å². The number of hydrogen-bond donors (Lipinski definition) is 2. The standard InChI is InChI=1S/C32H29F5N4O5/c1-44-28-14-23-25(15-29(28)45-17-18-4-7-39-8-5-18)40-9-6-26(23)46-27-3-2-22(13-24(27)34)41(31(43)30(38)42)16-19-10-20(32(35,36)37)12-21(33)11-19/h2-3,6,9-15,18,39H,4-5,7-8,16-17H2,1H3,(H2,38,42). The summed E-state index contributed by atoms with van der Waals surface area (Å²) in [6.45, 7) is 1.66. The van der Waals surface area contributed by atoms with Gasteiger partial charge < -0.3 is 25.3 Å². The third-order valence-electron chi connectivity index (χ3n) is 7.45. The quantitative estimate of drug-likeness (QED) is 0.177. The number of alkyl halides is 3. The number of ether oxygens (including phenoxy) is 3. The molecule has 14 heteroatoms. The van der Waals surface area contributed by atoms with Crippen LogP contribution in [0.1, 0.15) is 24.0 Å². The number of benzene rings is 3. The number of pyridine rings is 1. The number of amides is 2. The highest BCUT2D eigenvalue weighted by Gasteiger charge is 2.32. The van der Waals surface area contributed by atoms with Crippen LogP contribution in [0.25, 0.3) is 10.9 Å². The van der Waals surface area contributed by atoms with E-state index in [0.29, 0.717) is 45.9 Å². The van der Waals surface area contributed by atoms with Crippen molar-refractivity contribution in [2.24, 2.45) is 11.7 Å². The number of primary amides is 1. The number of nitrogens with zero attached hydrogens (tertiary/aromatic N) is 2. The Morgan fingerprint density at radius 2 is 1.74 bits per heavy atom. The summed E-state index contributed by atoms with van der Waals surface area (Å²) in [5, 5.41) is 3.79. The van der Waals surface area contributed by atoms with Crippen molar-refractivity contribution in [3.8, 4) is 23.0 Å². The molecule has 4 aromatic rings. The van der Waals surface area contributed by atoms with Gasteiger partial charge in [-0.3, -0.25) is 19.5 Å². The summed E-state index contributed by atoms with van der Waals surface area (Å²) in [6, 6.07) is 9.75. The van der Waals surface area contributed by atoms with Gasteiger partial charge in [0, 0.05) is 29.4 Å². The molecule has 0 unspecified atom stereocenters. The Labute approximate surface area is 260 Å². The molecule has 5 rings (SSSR count). The molecule has 0 atom stereocenters. The SMILES string of the molecule is COc1cc2c(Oc3ccc(N(Cc4cc(F)cc(C(F)(F)F)c4)C(=O)C(N)=O)cc3F)ccnc2cc1OCC1CCNCC1. The van der Waals surface area contributed by atoms with Gasteiger partial charge in [-0.2, -0.15) is 13.2 Å². The van der Waals surface area contributed by atoms with Crippen LogP contribution in [0.2, 0.25) is 0 Å². The molecule has 0 saturated carbocycles. The Balaban J connectivity index is 1.41. The Morgan fingerprint density at radius 3 is 2.41 bits per heavy atom. The van der Waals surface area contributed by atoms with Crippen molar-refractivity contribution in [2.45, 2.75) is 25.6 Å². The van der Waals surface area contributed by atoms with Gasteiger partial charge in [0.15, 0.2) is 23.1 Å². The van der Waals surface area contributed by atoms with Gasteiger partial charge in [-0.15, -0.1) is 0 Å². The van der Waals surface area contributed by atoms with Crippen molar-refractivity contribution in [3.63, 3.8) is 0 Å². The van der Waals surface area contributed by atoms with Gasteiger partial charge in [-0.05, 0) is 79.9 Å². The van der Waals surface area contributed by atoms with Gasteiger partial charge in [-0.1, -0.05) is 0 Å². The normalized spacial score (nSPS) is 13.8. The Bertz CT molecular complexity index is 1760. The van der Waals surface area contributed by atoms with Crippen molar-refractivity contribution in [3.05, 3.63) is 83.6 Å². The summed E-state index contributed by atoms with van der Waals surface area (Å²) in [7, 11) is 1.49. The van der Waals surface area contributed by atoms with Crippen LogP contribution in [0.3, 0.4) is 0 Å². The molecule has 2 amide bonds. The summed E-state index contributed by atoms with van der Waals surface area (Å²) < 4.78 is 86.6. The summed E-state index contributed by atoms with van der Waals surface area (Å²) in [4.78, 5) is 29.4. The third-order valence-corrected chi connectivity index (χ3v) is 7.45. The van der Waals surface area contributed by atoms with Gasteiger partial charge in [0.1, 0.15) is 11.6 Å². The number of carbonyl (C=O) groups is 2. The van der Waals surface area contributed by atoms with E-state index in [1.807, 2.05) is 0 Å². The zero-order valence-electron chi connectivity index (χ0n) is 24.5. The zero-order valence-corrected chi connectivity index (χ0v) is 24.5. The van der Waals surface area contributed by atoms with E-state index in [1.165, 1.54) is 31.5 Å². The summed E-state index contributed by atoms with van der Waals surface area (Å²) in [6.07, 6.45) is -1.42. The van der Waals surface area contributed by atoms with Crippen LogP contribution in [-0.2, 0) is 22.3 Å². The van der Waals surface area contributed by atoms with Crippen LogP contribution >= 0.6 is 0 Å². The number of methoxy groups -OCH3 is 1. The van der Waals surface area contributed by atoms with Crippen molar-refractivity contribution < 1.29 is 45.8 Å². The maximum Gasteiger partial charge on any atom is 0.416 e. The monoisotopic (exact) mass is 644 g/mol. The summed E-state index contributed by atoms with van der Waals surface area (Å²) in [5.41, 5.74) is 3.79. The first-order chi connectivity index (χ1) is 21.9. The van der Waals surface area contributed by atoms with Gasteiger partial charge in [-0.25, -0.2) is 8.78 Å². The van der Waals surface area contributed by atoms with E-state index in [9.17, 15) is 27.2 Å². The molecule has 9 nitrogen and oxygen atoms in total. The predicted molar refractivity (Wildman–Crippen MR) is 158 cm³/mol. The fourth-order valence-electron chi connectivity index (χ4n) is 5.11. The van der Waals surface area contributed by atoms with Crippen molar-refractivity contribution in [2.75, 3.05) is 31.7 Å². The van der Waals surface area contributed by atoms with Crippen LogP contribution in [-0.4, -0.2) is 43.6 Å². The topological polar surface area (TPSA) is 116 Å². The highest BCUT2D eigenvalue weighted by molar-refractivity contribution is 6.39. The highest BCUT2D eigenvalue weighted by atomic mass is 19.4. The molecular formula is C32H29F5N4O5. The first-order valence-corrected chi connectivity index (χ1v) is 14.2. The zero-order chi connectivity index (χ0) is 33.0. The number of rotatable bonds is 9. The Kier molecular flexibility index (Phi) is 9.56. The molecule has 242 valence electrons. The van der Waals surface area contributed by atoms with Crippen LogP contribution < -0.4 is 30.2 Å². The maximum atomic E-state index is 15.4. The molecule has 1 aliphatic heterocycles. The second-order valence-electron chi connectivity index (χ2n) is 10.7. The molecule has 1 aromatic heterocycles. The smallest absolute Gasteiger partial charge is 0.416 e. The number of carbonyl (C=O) groups excluding carboxylic acids is 2. The molecule has 46 heavy (non-hydrogen) atoms. The molecule has 1 aliphatic rings. The summed E-state index contributed by atoms with van der Waals surface area (Å²) in [5.74, 6) is -3.75. The predicted octanol–water partition coefficient (Wildman–Crippen LogP) is 5.73. The minimum atomic E-state index is -4.87. The molecule has 0 spiro atoms. The molecule has 0 radical (unpaired) electrons. The first-order valence-electron chi connectivity index (χ1n) is 14.2. The Hall–Kier alpha value is -4.98. The van der Waals surface area contributed by atoms with Gasteiger partial charge in [0.25, 0.3) is 0 Å². The fourth-order valence-corrected chi connectivity index (χ4v) is 5.11. The lowest BCUT2D eigenvalue weighted by Gasteiger charge is -2.23. The van der Waals surface area contributed by atoms with E-state index >= 15 is 4.39 Å². The van der Waals surface area contributed by atoms with E-state index in [-0.39, 0.29) is 28.8 Å². The van der Waals surface area contributed by atoms with E-state index < -0.39 is 41.7 Å². The number of nitrogens with two attached hydrogens (primary N) is 1. The molecule has 3 aromatic carbocycles. The van der Waals surface area contributed by atoms with Gasteiger partial charge >= 0.3 is 18.0 Å². The summed E-state index contributed by atoms with van der Waals surface area (Å²) >= 11 is 0. The first kappa shape index (κ1) is 32.4. The number of fused-ring (bicyclic) bond motifs is 1. The average molecular weight is 645 g/mol. The number of hydrogen-bond acceptors (Lipinski definition) is 7. The largest absolute Gasteiger partial charge is 0.493 e. The molecular weight excluding hydrogens is 615 g/mol. The number of halogens is 5. The van der Waals surface area contributed by atoms with Crippen molar-refractivity contribution >= 4 is 28.4 Å². The lowest BCUT2D eigenvalue weighted by Crippen LogP contribution is -2.40. The van der Waals surface area contributed by atoms with Crippen LogP contribution in [0, 0.1) is 17.6 Å². The molecule has 0 bridgehead atoms. The fraction of sp³-hybridized carbons (Fsp3) is 0.281. The van der Waals surface area contributed by atoms with Crippen LogP contribution in [0.4, 0.5) is 27.6 Å². The van der Waals surface area contributed by atoms with Crippen LogP contribution in [0.5, 0.6) is 23.0 Å². The van der Waals surface area contributed by atoms with E-state index in [0.717, 1.165) is 38.1 Å². The molecule has 2 heterocycles. The Morgan fingerprint density at radius 1 is 0.978 bits per heavy atom. The lowest BCUT2D eigenvalue weighted by molar-refractivity contribution is -0.137. The van der Waals surface area contributed by atoms with E-state index in [4.69, 9.17) is 19.9 Å². The van der Waals surface area contributed by atoms with E-state index in [1.54, 1.807) is 12.1 Å². The molecule has 1 saturated heterocycles.